The van der Waals surface area contributed by atoms with Crippen LogP contribution in [0.5, 0.6) is 0 Å². The summed E-state index contributed by atoms with van der Waals surface area (Å²) in [5, 5.41) is 22.2. The van der Waals surface area contributed by atoms with Gasteiger partial charge in [0.15, 0.2) is 0 Å². The van der Waals surface area contributed by atoms with Crippen LogP contribution in [0.25, 0.3) is 0 Å². The van der Waals surface area contributed by atoms with Crippen LogP contribution in [0, 0.1) is 0 Å². The standard InChI is InChI=1S/2C3H5NO2S2.Ni/c2*5-2(6)1-4-3(7)8;/h2*1H2,(H,5,6)(H2,4,7,8);/q;;+2/p-2. The minimum Gasteiger partial charge on any atom is -0.548 e. The number of carbonyl (C=O) groups excluding carboxylic acids is 1. The molecule has 0 saturated carbocycles. The molecule has 0 aromatic carbocycles. The van der Waals surface area contributed by atoms with E-state index >= 15 is 0 Å². The number of thiocarbonyl (C=S) groups is 2. The van der Waals surface area contributed by atoms with E-state index < -0.39 is 11.9 Å². The van der Waals surface area contributed by atoms with Crippen molar-refractivity contribution in [1.29, 1.82) is 0 Å². The summed E-state index contributed by atoms with van der Waals surface area (Å²) in [6, 6.07) is 0. The Bertz CT molecular complexity index is 233. The maximum Gasteiger partial charge on any atom is 2.00 e. The Balaban J connectivity index is -0.000000218. The smallest absolute Gasteiger partial charge is 0.548 e. The number of thiol groups is 1. The van der Waals surface area contributed by atoms with Crippen LogP contribution in [0.3, 0.4) is 0 Å². The van der Waals surface area contributed by atoms with E-state index in [-0.39, 0.29) is 38.2 Å². The molecule has 6 nitrogen and oxygen atoms in total. The fraction of sp³-hybridized carbons (Fsp3) is 0.333. The minimum absolute atomic E-state index is 0. The van der Waals surface area contributed by atoms with Crippen molar-refractivity contribution in [3.63, 3.8) is 0 Å². The Labute approximate surface area is 130 Å². The van der Waals surface area contributed by atoms with Crippen LogP contribution in [0.2, 0.25) is 0 Å². The van der Waals surface area contributed by atoms with Gasteiger partial charge in [-0.1, -0.05) is 16.5 Å². The molecule has 0 heterocycles. The summed E-state index contributed by atoms with van der Waals surface area (Å²) in [7, 11) is 0. The second-order valence-corrected chi connectivity index (χ2v) is 4.30. The molecular formula is C6H8N2NiO4S4. The third kappa shape index (κ3) is 31.3. The molecule has 0 aliphatic rings. The summed E-state index contributed by atoms with van der Waals surface area (Å²) >= 11 is 16.7. The Hall–Kier alpha value is -0.216. The van der Waals surface area contributed by atoms with Crippen LogP contribution >= 0.6 is 37.1 Å². The summed E-state index contributed by atoms with van der Waals surface area (Å²) in [5.74, 6) is -2.15. The van der Waals surface area contributed by atoms with Crippen molar-refractivity contribution >= 4 is 70.3 Å². The van der Waals surface area contributed by atoms with Crippen molar-refractivity contribution in [2.45, 2.75) is 0 Å². The average Bonchev–Trinajstić information content (AvgIpc) is 2.12. The Morgan fingerprint density at radius 2 is 1.76 bits per heavy atom. The van der Waals surface area contributed by atoms with Crippen LogP contribution in [0.1, 0.15) is 0 Å². The molecule has 0 atom stereocenters. The van der Waals surface area contributed by atoms with Crippen molar-refractivity contribution in [3.05, 3.63) is 0 Å². The van der Waals surface area contributed by atoms with E-state index in [1.54, 1.807) is 0 Å². The van der Waals surface area contributed by atoms with Gasteiger partial charge in [-0.2, -0.15) is 0 Å². The van der Waals surface area contributed by atoms with Gasteiger partial charge in [-0.25, -0.2) is 0 Å². The first kappa shape index (κ1) is 22.0. The molecule has 0 radical (unpaired) electrons. The molecule has 0 aliphatic heterocycles. The van der Waals surface area contributed by atoms with Gasteiger partial charge >= 0.3 is 22.5 Å². The number of hydrogen-bond acceptors (Lipinski definition) is 6. The number of aliphatic carboxylic acids is 2. The van der Waals surface area contributed by atoms with Crippen LogP contribution < -0.4 is 15.7 Å². The van der Waals surface area contributed by atoms with E-state index in [0.29, 0.717) is 0 Å². The minimum atomic E-state index is -1.21. The second-order valence-electron chi connectivity index (χ2n) is 2.07. The van der Waals surface area contributed by atoms with Crippen molar-refractivity contribution in [2.24, 2.45) is 0 Å². The molecule has 0 bridgehead atoms. The second kappa shape index (κ2) is 13.8. The zero-order valence-corrected chi connectivity index (χ0v) is 12.4. The predicted molar refractivity (Wildman–Crippen MR) is 70.2 cm³/mol. The Kier molecular flexibility index (Phi) is 17.9. The van der Waals surface area contributed by atoms with Gasteiger partial charge in [-0.15, -0.1) is 12.6 Å². The van der Waals surface area contributed by atoms with E-state index in [9.17, 15) is 14.7 Å². The summed E-state index contributed by atoms with van der Waals surface area (Å²) < 4.78 is 0.251. The number of nitrogens with one attached hydrogen (secondary N) is 2. The first-order valence-electron chi connectivity index (χ1n) is 3.59. The maximum atomic E-state index is 9.75. The molecule has 0 aliphatic carbocycles. The monoisotopic (exact) mass is 358 g/mol. The van der Waals surface area contributed by atoms with Gasteiger partial charge in [0.25, 0.3) is 0 Å². The van der Waals surface area contributed by atoms with Gasteiger partial charge < -0.3 is 50.5 Å². The summed E-state index contributed by atoms with van der Waals surface area (Å²) in [6.45, 7) is -0.468. The molecule has 100 valence electrons. The molecule has 17 heavy (non-hydrogen) atoms. The van der Waals surface area contributed by atoms with Crippen LogP contribution in [0.4, 0.5) is 0 Å². The average molecular weight is 359 g/mol. The number of carboxylic acid groups (broad SMARTS) is 2. The maximum absolute atomic E-state index is 9.75. The Morgan fingerprint density at radius 3 is 1.88 bits per heavy atom. The van der Waals surface area contributed by atoms with Crippen molar-refractivity contribution in [3.8, 4) is 0 Å². The predicted octanol–water partition coefficient (Wildman–Crippen LogP) is -1.97. The van der Waals surface area contributed by atoms with E-state index in [2.05, 4.69) is 60.3 Å². The number of rotatable bonds is 4. The van der Waals surface area contributed by atoms with Crippen molar-refractivity contribution in [2.75, 3.05) is 13.1 Å². The van der Waals surface area contributed by atoms with Crippen LogP contribution in [-0.2, 0) is 38.7 Å². The number of carbonyl (C=O) groups is 2. The van der Waals surface area contributed by atoms with Gasteiger partial charge in [0, 0.05) is 0 Å². The fourth-order valence-corrected chi connectivity index (χ4v) is 0.591. The van der Waals surface area contributed by atoms with Gasteiger partial charge in [0.1, 0.15) is 10.9 Å². The normalized spacial score (nSPS) is 7.59. The molecule has 0 spiro atoms. The first-order valence-corrected chi connectivity index (χ1v) is 5.26. The third-order valence-electron chi connectivity index (χ3n) is 0.768. The zero-order chi connectivity index (χ0) is 13.1. The van der Waals surface area contributed by atoms with E-state index in [1.165, 1.54) is 0 Å². The molecule has 0 aromatic heterocycles. The molecule has 0 unspecified atom stereocenters. The van der Waals surface area contributed by atoms with E-state index in [0.717, 1.165) is 0 Å². The van der Waals surface area contributed by atoms with Crippen LogP contribution in [0.15, 0.2) is 0 Å². The molecule has 3 N–H and O–H groups in total. The largest absolute Gasteiger partial charge is 2.00 e. The molecule has 0 amide bonds. The summed E-state index contributed by atoms with van der Waals surface area (Å²) in [6.07, 6.45) is 0. The summed E-state index contributed by atoms with van der Waals surface area (Å²) in [4.78, 5) is 19.4. The van der Waals surface area contributed by atoms with E-state index in [4.69, 9.17) is 5.11 Å². The molecule has 11 heteroatoms. The van der Waals surface area contributed by atoms with Gasteiger partial charge in [0.2, 0.25) is 0 Å². The van der Waals surface area contributed by atoms with Gasteiger partial charge in [-0.3, -0.25) is 4.79 Å². The first-order chi connectivity index (χ1) is 7.25. The Morgan fingerprint density at radius 1 is 1.29 bits per heavy atom. The quantitative estimate of drug-likeness (QED) is 0.197. The molecule has 0 fully saturated rings. The number of hydrogen-bond donors (Lipinski definition) is 4. The molecule has 0 saturated heterocycles. The SMILES string of the molecule is O=C(O)CNC(=S)S.O=C([O-])CNC(=S)[S-].[Ni+2]. The fourth-order valence-electron chi connectivity index (χ4n) is 0.296. The van der Waals surface area contributed by atoms with Gasteiger partial charge in [0.05, 0.1) is 12.5 Å². The van der Waals surface area contributed by atoms with Crippen LogP contribution in [-0.4, -0.2) is 38.8 Å². The molecule has 0 aromatic rings. The third-order valence-corrected chi connectivity index (χ3v) is 1.36. The van der Waals surface area contributed by atoms with Crippen molar-refractivity contribution in [1.82, 2.24) is 10.6 Å². The molecule has 0 rings (SSSR count). The number of carboxylic acids is 2. The topological polar surface area (TPSA) is 101 Å². The zero-order valence-electron chi connectivity index (χ0n) is 8.07. The van der Waals surface area contributed by atoms with Gasteiger partial charge in [-0.05, 0) is 0 Å². The van der Waals surface area contributed by atoms with Crippen molar-refractivity contribution < 1.29 is 36.3 Å². The summed E-state index contributed by atoms with van der Waals surface area (Å²) in [5.41, 5.74) is 0. The molecular weight excluding hydrogens is 351 g/mol. The van der Waals surface area contributed by atoms with E-state index in [1.807, 2.05) is 0 Å².